The van der Waals surface area contributed by atoms with E-state index in [1.54, 1.807) is 0 Å². The Hall–Kier alpha value is -2.18. The maximum atomic E-state index is 11.4. The molecule has 2 aromatic rings. The van der Waals surface area contributed by atoms with Crippen LogP contribution in [-0.4, -0.2) is 63.4 Å². The second-order valence-electron chi connectivity index (χ2n) is 7.13. The highest BCUT2D eigenvalue weighted by molar-refractivity contribution is 5.73. The van der Waals surface area contributed by atoms with Crippen molar-refractivity contribution in [3.05, 3.63) is 47.8 Å². The number of unbranched alkanes of at least 4 members (excludes halogenated alkanes) is 1. The highest BCUT2D eigenvalue weighted by Crippen LogP contribution is 2.15. The summed E-state index contributed by atoms with van der Waals surface area (Å²) in [6.45, 7) is 5.12. The molecule has 0 amide bonds. The summed E-state index contributed by atoms with van der Waals surface area (Å²) in [5.41, 5.74) is 3.52. The smallest absolute Gasteiger partial charge is 0.322 e. The number of carboxylic acids is 1. The number of nitrogens with zero attached hydrogens (tertiary/aromatic N) is 4. The van der Waals surface area contributed by atoms with Crippen LogP contribution < -0.4 is 0 Å². The Labute approximate surface area is 155 Å². The Bertz CT molecular complexity index is 726. The summed E-state index contributed by atoms with van der Waals surface area (Å²) in [5.74, 6) is -0.754. The normalized spacial score (nSPS) is 18.9. The molecule has 140 valence electrons. The van der Waals surface area contributed by atoms with Crippen LogP contribution in [0.5, 0.6) is 0 Å². The fourth-order valence-electron chi connectivity index (χ4n) is 3.38. The van der Waals surface area contributed by atoms with Crippen molar-refractivity contribution in [2.24, 2.45) is 0 Å². The van der Waals surface area contributed by atoms with Crippen molar-refractivity contribution in [2.45, 2.75) is 38.8 Å². The molecule has 1 aromatic heterocycles. The van der Waals surface area contributed by atoms with Crippen LogP contribution in [0.3, 0.4) is 0 Å². The van der Waals surface area contributed by atoms with Crippen molar-refractivity contribution >= 4 is 5.97 Å². The summed E-state index contributed by atoms with van der Waals surface area (Å²) >= 11 is 0. The maximum absolute atomic E-state index is 11.4. The molecule has 6 nitrogen and oxygen atoms in total. The average Bonchev–Trinajstić information content (AvgIpc) is 3.10. The van der Waals surface area contributed by atoms with Crippen molar-refractivity contribution in [3.63, 3.8) is 0 Å². The van der Waals surface area contributed by atoms with Crippen molar-refractivity contribution in [3.8, 4) is 5.69 Å². The molecule has 0 aliphatic carbocycles. The van der Waals surface area contributed by atoms with Crippen molar-refractivity contribution < 1.29 is 9.90 Å². The summed E-state index contributed by atoms with van der Waals surface area (Å²) in [6.07, 6.45) is 7.45. The van der Waals surface area contributed by atoms with E-state index in [1.165, 1.54) is 18.4 Å². The van der Waals surface area contributed by atoms with Crippen molar-refractivity contribution in [1.82, 2.24) is 19.6 Å². The fourth-order valence-corrected chi connectivity index (χ4v) is 3.38. The quantitative estimate of drug-likeness (QED) is 0.825. The van der Waals surface area contributed by atoms with Crippen molar-refractivity contribution in [1.29, 1.82) is 0 Å². The van der Waals surface area contributed by atoms with Gasteiger partial charge in [-0.3, -0.25) is 14.6 Å². The highest BCUT2D eigenvalue weighted by Gasteiger charge is 2.29. The van der Waals surface area contributed by atoms with Crippen LogP contribution in [0.2, 0.25) is 0 Å². The second kappa shape index (κ2) is 8.47. The minimum Gasteiger partial charge on any atom is -0.480 e. The number of benzene rings is 1. The lowest BCUT2D eigenvalue weighted by atomic mass is 10.1. The van der Waals surface area contributed by atoms with Gasteiger partial charge in [0.1, 0.15) is 6.04 Å². The van der Waals surface area contributed by atoms with Gasteiger partial charge in [0.2, 0.25) is 0 Å². The predicted molar refractivity (Wildman–Crippen MR) is 102 cm³/mol. The number of likely N-dealkylation sites (N-methyl/N-ethyl adjacent to an activating group) is 1. The van der Waals surface area contributed by atoms with Crippen LogP contribution in [0, 0.1) is 0 Å². The molecule has 0 radical (unpaired) electrons. The zero-order valence-corrected chi connectivity index (χ0v) is 15.6. The van der Waals surface area contributed by atoms with Crippen LogP contribution in [0.15, 0.2) is 36.7 Å². The van der Waals surface area contributed by atoms with Gasteiger partial charge in [-0.15, -0.1) is 0 Å². The second-order valence-corrected chi connectivity index (χ2v) is 7.13. The number of hydrogen-bond donors (Lipinski definition) is 1. The largest absolute Gasteiger partial charge is 0.480 e. The molecule has 0 spiro atoms. The first-order valence-electron chi connectivity index (χ1n) is 9.35. The summed E-state index contributed by atoms with van der Waals surface area (Å²) in [5, 5.41) is 13.8. The number of rotatable bonds is 7. The van der Waals surface area contributed by atoms with Crippen LogP contribution in [-0.2, 0) is 17.8 Å². The monoisotopic (exact) mass is 356 g/mol. The van der Waals surface area contributed by atoms with E-state index >= 15 is 0 Å². The molecule has 1 aliphatic rings. The third-order valence-electron chi connectivity index (χ3n) is 5.08. The standard InChI is InChI=1S/C20H28N4O2/c1-3-4-5-16-6-8-18(9-7-16)24-14-17(12-21-24)13-23-11-10-22(2)19(15-23)20(25)26/h6-9,12,14,19H,3-5,10-11,13,15H2,1-2H3,(H,25,26). The van der Waals surface area contributed by atoms with Gasteiger partial charge in [-0.1, -0.05) is 25.5 Å². The topological polar surface area (TPSA) is 61.6 Å². The molecule has 1 unspecified atom stereocenters. The molecule has 2 heterocycles. The summed E-state index contributed by atoms with van der Waals surface area (Å²) in [7, 11) is 1.87. The van der Waals surface area contributed by atoms with Gasteiger partial charge in [0.05, 0.1) is 11.9 Å². The molecule has 3 rings (SSSR count). The summed E-state index contributed by atoms with van der Waals surface area (Å²) < 4.78 is 1.89. The maximum Gasteiger partial charge on any atom is 0.322 e. The average molecular weight is 356 g/mol. The molecule has 1 fully saturated rings. The lowest BCUT2D eigenvalue weighted by molar-refractivity contribution is -0.145. The Balaban J connectivity index is 1.62. The number of aliphatic carboxylic acids is 1. The number of aromatic nitrogens is 2. The predicted octanol–water partition coefficient (Wildman–Crippen LogP) is 2.42. The Morgan fingerprint density at radius 3 is 2.69 bits per heavy atom. The van der Waals surface area contributed by atoms with E-state index in [0.717, 1.165) is 37.3 Å². The molecular formula is C20H28N4O2. The number of aryl methyl sites for hydroxylation is 1. The molecule has 1 aliphatic heterocycles. The molecule has 26 heavy (non-hydrogen) atoms. The molecule has 1 atom stereocenters. The molecular weight excluding hydrogens is 328 g/mol. The zero-order valence-electron chi connectivity index (χ0n) is 15.6. The zero-order chi connectivity index (χ0) is 18.5. The number of hydrogen-bond acceptors (Lipinski definition) is 4. The van der Waals surface area contributed by atoms with Crippen LogP contribution >= 0.6 is 0 Å². The molecule has 0 saturated carbocycles. The van der Waals surface area contributed by atoms with Crippen molar-refractivity contribution in [2.75, 3.05) is 26.7 Å². The van der Waals surface area contributed by atoms with Gasteiger partial charge >= 0.3 is 5.97 Å². The van der Waals surface area contributed by atoms with Gasteiger partial charge in [0, 0.05) is 37.9 Å². The van der Waals surface area contributed by atoms with E-state index in [4.69, 9.17) is 0 Å². The minimum absolute atomic E-state index is 0.436. The van der Waals surface area contributed by atoms with Gasteiger partial charge in [-0.25, -0.2) is 4.68 Å². The van der Waals surface area contributed by atoms with E-state index in [2.05, 4.69) is 41.2 Å². The van der Waals surface area contributed by atoms with Gasteiger partial charge in [-0.2, -0.15) is 5.10 Å². The number of carboxylic acid groups (broad SMARTS) is 1. The molecule has 0 bridgehead atoms. The third kappa shape index (κ3) is 4.51. The Morgan fingerprint density at radius 1 is 1.23 bits per heavy atom. The molecule has 1 aromatic carbocycles. The molecule has 6 heteroatoms. The number of carbonyl (C=O) groups is 1. The van der Waals surface area contributed by atoms with E-state index in [-0.39, 0.29) is 0 Å². The summed E-state index contributed by atoms with van der Waals surface area (Å²) in [4.78, 5) is 15.5. The van der Waals surface area contributed by atoms with E-state index in [0.29, 0.717) is 6.54 Å². The minimum atomic E-state index is -0.754. The van der Waals surface area contributed by atoms with Gasteiger partial charge < -0.3 is 5.11 Å². The SMILES string of the molecule is CCCCc1ccc(-n2cc(CN3CCN(C)C(C(=O)O)C3)cn2)cc1. The van der Waals surface area contributed by atoms with Gasteiger partial charge in [0.25, 0.3) is 0 Å². The Kier molecular flexibility index (Phi) is 6.06. The van der Waals surface area contributed by atoms with Gasteiger partial charge in [0.15, 0.2) is 0 Å². The van der Waals surface area contributed by atoms with Crippen LogP contribution in [0.25, 0.3) is 5.69 Å². The lowest BCUT2D eigenvalue weighted by Crippen LogP contribution is -2.54. The van der Waals surface area contributed by atoms with E-state index in [1.807, 2.05) is 29.0 Å². The summed E-state index contributed by atoms with van der Waals surface area (Å²) in [6, 6.07) is 8.12. The number of piperazine rings is 1. The fraction of sp³-hybridized carbons (Fsp3) is 0.500. The first-order chi connectivity index (χ1) is 12.6. The Morgan fingerprint density at radius 2 is 2.00 bits per heavy atom. The lowest BCUT2D eigenvalue weighted by Gasteiger charge is -2.36. The first kappa shape index (κ1) is 18.6. The molecule has 1 N–H and O–H groups in total. The third-order valence-corrected chi connectivity index (χ3v) is 5.08. The van der Waals surface area contributed by atoms with E-state index in [9.17, 15) is 9.90 Å². The molecule has 1 saturated heterocycles. The van der Waals surface area contributed by atoms with Crippen LogP contribution in [0.1, 0.15) is 30.9 Å². The highest BCUT2D eigenvalue weighted by atomic mass is 16.4. The first-order valence-corrected chi connectivity index (χ1v) is 9.35. The van der Waals surface area contributed by atoms with E-state index < -0.39 is 12.0 Å². The van der Waals surface area contributed by atoms with Gasteiger partial charge in [-0.05, 0) is 37.6 Å². The van der Waals surface area contributed by atoms with Crippen LogP contribution in [0.4, 0.5) is 0 Å².